The number of carbonyl (C=O) groups excluding carboxylic acids is 2. The first-order valence-corrected chi connectivity index (χ1v) is 15.1. The van der Waals surface area contributed by atoms with Crippen molar-refractivity contribution in [3.8, 4) is 11.3 Å². The summed E-state index contributed by atoms with van der Waals surface area (Å²) < 4.78 is 4.77. The Kier molecular flexibility index (Phi) is 10.6. The number of aromatic amines is 1. The quantitative estimate of drug-likeness (QED) is 0.0620. The van der Waals surface area contributed by atoms with Gasteiger partial charge in [0.2, 0.25) is 5.91 Å². The number of carbonyl (C=O) groups is 2. The summed E-state index contributed by atoms with van der Waals surface area (Å²) in [5, 5.41) is 14.8. The minimum absolute atomic E-state index is 0.327. The van der Waals surface area contributed by atoms with Crippen molar-refractivity contribution in [1.82, 2.24) is 15.3 Å². The summed E-state index contributed by atoms with van der Waals surface area (Å²) in [4.78, 5) is 33.4. The number of ether oxygens (including phenoxy) is 1. The molecule has 3 aromatic carbocycles. The Morgan fingerprint density at radius 1 is 1.11 bits per heavy atom. The summed E-state index contributed by atoms with van der Waals surface area (Å²) in [5.74, 6) is 6.38. The molecule has 2 aliphatic heterocycles. The van der Waals surface area contributed by atoms with E-state index in [2.05, 4.69) is 56.8 Å². The van der Waals surface area contributed by atoms with Crippen LogP contribution in [0, 0.1) is 0 Å². The first-order chi connectivity index (χ1) is 22.3. The molecule has 5 N–H and O–H groups in total. The van der Waals surface area contributed by atoms with Crippen LogP contribution in [0.2, 0.25) is 5.02 Å². The fourth-order valence-corrected chi connectivity index (χ4v) is 5.50. The molecule has 0 saturated carbocycles. The van der Waals surface area contributed by atoms with Gasteiger partial charge in [0.25, 0.3) is 0 Å². The maximum Gasteiger partial charge on any atom is 0.411 e. The number of nitrogens with one attached hydrogen (secondary N) is 3. The van der Waals surface area contributed by atoms with Crippen LogP contribution in [0.1, 0.15) is 47.0 Å². The monoisotopic (exact) mass is 638 g/mol. The van der Waals surface area contributed by atoms with Gasteiger partial charge in [-0.25, -0.2) is 15.6 Å². The molecule has 0 unspecified atom stereocenters. The van der Waals surface area contributed by atoms with E-state index in [9.17, 15) is 9.59 Å². The third-order valence-electron chi connectivity index (χ3n) is 7.62. The van der Waals surface area contributed by atoms with Crippen LogP contribution in [0.3, 0.4) is 0 Å². The summed E-state index contributed by atoms with van der Waals surface area (Å²) >= 11 is 6.24. The van der Waals surface area contributed by atoms with Crippen LogP contribution in [0.25, 0.3) is 17.3 Å². The molecule has 3 heterocycles. The Morgan fingerprint density at radius 3 is 2.67 bits per heavy atom. The maximum absolute atomic E-state index is 13.4. The molecule has 1 aromatic heterocycles. The van der Waals surface area contributed by atoms with Crippen LogP contribution in [0.4, 0.5) is 16.2 Å². The van der Waals surface area contributed by atoms with Crippen LogP contribution >= 0.6 is 11.6 Å². The van der Waals surface area contributed by atoms with E-state index in [1.807, 2.05) is 24.4 Å². The number of aromatic nitrogens is 2. The van der Waals surface area contributed by atoms with E-state index in [1.165, 1.54) is 30.1 Å². The first-order valence-electron chi connectivity index (χ1n) is 14.8. The minimum atomic E-state index is -0.527. The Morgan fingerprint density at radius 2 is 1.89 bits per heavy atom. The molecule has 2 amide bonds. The van der Waals surface area contributed by atoms with Gasteiger partial charge in [-0.3, -0.25) is 15.1 Å². The van der Waals surface area contributed by atoms with Crippen LogP contribution in [-0.2, 0) is 28.8 Å². The number of hydrogen-bond acceptors (Lipinski definition) is 7. The molecular weight excluding hydrogens is 604 g/mol. The minimum Gasteiger partial charge on any atom is -0.453 e. The molecule has 6 rings (SSSR count). The van der Waals surface area contributed by atoms with E-state index in [0.717, 1.165) is 48.1 Å². The molecule has 236 valence electrons. The summed E-state index contributed by atoms with van der Waals surface area (Å²) in [6, 6.07) is 18.9. The van der Waals surface area contributed by atoms with Crippen molar-refractivity contribution < 1.29 is 14.3 Å². The number of H-pyrrole nitrogens is 1. The Labute approximate surface area is 272 Å². The Balaban J connectivity index is 1.45. The zero-order valence-corrected chi connectivity index (χ0v) is 26.1. The molecule has 1 atom stereocenters. The zero-order chi connectivity index (χ0) is 32.5. The van der Waals surface area contributed by atoms with E-state index in [-0.39, 0.29) is 5.91 Å². The van der Waals surface area contributed by atoms with Gasteiger partial charge in [-0.05, 0) is 85.2 Å². The van der Waals surface area contributed by atoms with Crippen LogP contribution < -0.4 is 21.5 Å². The van der Waals surface area contributed by atoms with Crippen LogP contribution in [-0.4, -0.2) is 42.1 Å². The van der Waals surface area contributed by atoms with Crippen molar-refractivity contribution in [2.75, 3.05) is 17.4 Å². The molecule has 0 aliphatic carbocycles. The van der Waals surface area contributed by atoms with Crippen molar-refractivity contribution in [2.24, 2.45) is 16.0 Å². The highest BCUT2D eigenvalue weighted by Crippen LogP contribution is 2.30. The average molecular weight is 639 g/mol. The van der Waals surface area contributed by atoms with Crippen molar-refractivity contribution in [3.05, 3.63) is 106 Å². The second-order valence-corrected chi connectivity index (χ2v) is 11.2. The number of anilines is 2. The SMILES string of the molecule is C=N/N=C\N(N)c1ccc(Cl)cc1/C=C/C(=O)N[C@H]1Cc2ccc(cc2)CCCCc2cc(NC(=O)OC)ccc2-c2c[nH]c1n2. The topological polar surface area (TPSA) is 150 Å². The lowest BCUT2D eigenvalue weighted by molar-refractivity contribution is -0.117. The van der Waals surface area contributed by atoms with Crippen molar-refractivity contribution in [2.45, 2.75) is 38.1 Å². The van der Waals surface area contributed by atoms with Gasteiger partial charge < -0.3 is 15.0 Å². The van der Waals surface area contributed by atoms with Crippen LogP contribution in [0.15, 0.2) is 83.1 Å². The van der Waals surface area contributed by atoms with Gasteiger partial charge in [-0.1, -0.05) is 41.9 Å². The largest absolute Gasteiger partial charge is 0.453 e. The molecule has 0 saturated heterocycles. The van der Waals surface area contributed by atoms with Crippen molar-refractivity contribution in [1.29, 1.82) is 0 Å². The lowest BCUT2D eigenvalue weighted by Gasteiger charge is -2.17. The number of fused-ring (bicyclic) bond motifs is 6. The summed E-state index contributed by atoms with van der Waals surface area (Å²) in [5.41, 5.74) is 6.89. The predicted octanol–water partition coefficient (Wildman–Crippen LogP) is 6.22. The van der Waals surface area contributed by atoms with Crippen LogP contribution in [0.5, 0.6) is 0 Å². The highest BCUT2D eigenvalue weighted by molar-refractivity contribution is 6.30. The third-order valence-corrected chi connectivity index (χ3v) is 7.86. The lowest BCUT2D eigenvalue weighted by atomic mass is 9.97. The second kappa shape index (κ2) is 15.2. The molecule has 46 heavy (non-hydrogen) atoms. The summed E-state index contributed by atoms with van der Waals surface area (Å²) in [6.45, 7) is 3.32. The van der Waals surface area contributed by atoms with Crippen molar-refractivity contribution in [3.63, 3.8) is 0 Å². The number of hydrogen-bond donors (Lipinski definition) is 4. The standard InChI is InChI=1S/C34H35ClN8O3/c1-37-39-21-43(36)31-15-12-26(35)18-25(31)11-16-32(44)41-29-17-23-9-7-22(8-10-23)5-3-4-6-24-19-27(40-34(45)46-2)13-14-28(24)30-20-38-33(29)42-30/h7-16,18-21,29H,1,3-6,17,36H2,2H3,(H,38,42)(H,40,45)(H,41,44)/b16-11+,39-21-/t29-/m0/s1. The predicted molar refractivity (Wildman–Crippen MR) is 183 cm³/mol. The molecule has 12 heteroatoms. The average Bonchev–Trinajstić information content (AvgIpc) is 3.55. The smallest absolute Gasteiger partial charge is 0.411 e. The van der Waals surface area contributed by atoms with E-state index in [0.29, 0.717) is 34.2 Å². The van der Waals surface area contributed by atoms with E-state index >= 15 is 0 Å². The summed E-state index contributed by atoms with van der Waals surface area (Å²) in [6.07, 6.45) is 9.94. The van der Waals surface area contributed by atoms with Gasteiger partial charge in [-0.15, -0.1) is 5.10 Å². The number of imidazole rings is 1. The van der Waals surface area contributed by atoms with Gasteiger partial charge in [0, 0.05) is 40.8 Å². The number of rotatable bonds is 7. The fraction of sp³-hybridized carbons (Fsp3) is 0.206. The molecule has 0 spiro atoms. The molecule has 2 aliphatic rings. The molecule has 4 aromatic rings. The van der Waals surface area contributed by atoms with E-state index < -0.39 is 12.1 Å². The van der Waals surface area contributed by atoms with Gasteiger partial charge in [0.15, 0.2) is 0 Å². The fourth-order valence-electron chi connectivity index (χ4n) is 5.32. The van der Waals surface area contributed by atoms with Gasteiger partial charge in [0.05, 0.1) is 24.5 Å². The lowest BCUT2D eigenvalue weighted by Crippen LogP contribution is -2.30. The number of methoxy groups -OCH3 is 1. The normalized spacial score (nSPS) is 14.7. The van der Waals surface area contributed by atoms with Crippen molar-refractivity contribution >= 4 is 54.1 Å². The number of aryl methyl sites for hydroxylation is 2. The first kappa shape index (κ1) is 32.1. The van der Waals surface area contributed by atoms with Gasteiger partial charge in [-0.2, -0.15) is 5.10 Å². The Hall–Kier alpha value is -5.26. The highest BCUT2D eigenvalue weighted by atomic mass is 35.5. The molecule has 4 bridgehead atoms. The molecular formula is C34H35ClN8O3. The number of hydrazine groups is 1. The molecule has 11 nitrogen and oxygen atoms in total. The van der Waals surface area contributed by atoms with Gasteiger partial charge >= 0.3 is 6.09 Å². The highest BCUT2D eigenvalue weighted by Gasteiger charge is 2.20. The molecule has 0 fully saturated rings. The maximum atomic E-state index is 13.4. The molecule has 0 radical (unpaired) electrons. The van der Waals surface area contributed by atoms with Gasteiger partial charge in [0.1, 0.15) is 12.2 Å². The zero-order valence-electron chi connectivity index (χ0n) is 25.4. The second-order valence-electron chi connectivity index (χ2n) is 10.8. The third kappa shape index (κ3) is 8.26. The number of amides is 2. The Bertz CT molecular complexity index is 1770. The summed E-state index contributed by atoms with van der Waals surface area (Å²) in [7, 11) is 1.33. The number of nitrogens with two attached hydrogens (primary N) is 1. The number of benzene rings is 3. The van der Waals surface area contributed by atoms with E-state index in [1.54, 1.807) is 24.3 Å². The number of halogens is 1. The van der Waals surface area contributed by atoms with E-state index in [4.69, 9.17) is 27.2 Å². The number of nitrogens with zero attached hydrogens (tertiary/aromatic N) is 4.